The summed E-state index contributed by atoms with van der Waals surface area (Å²) in [5, 5.41) is 0. The first-order chi connectivity index (χ1) is 13.0. The smallest absolute Gasteiger partial charge is 0.261 e. The van der Waals surface area contributed by atoms with Crippen LogP contribution in [0, 0.1) is 0 Å². The zero-order valence-electron chi connectivity index (χ0n) is 15.8. The van der Waals surface area contributed by atoms with E-state index in [1.54, 1.807) is 29.0 Å². The van der Waals surface area contributed by atoms with Crippen LogP contribution in [0.5, 0.6) is 0 Å². The predicted molar refractivity (Wildman–Crippen MR) is 104 cm³/mol. The highest BCUT2D eigenvalue weighted by atomic mass is 16.2. The highest BCUT2D eigenvalue weighted by Crippen LogP contribution is 2.19. The first-order valence-corrected chi connectivity index (χ1v) is 9.37. The molecule has 1 saturated heterocycles. The van der Waals surface area contributed by atoms with Crippen molar-refractivity contribution < 1.29 is 9.59 Å². The Kier molecular flexibility index (Phi) is 5.74. The molecule has 2 amide bonds. The van der Waals surface area contributed by atoms with Crippen molar-refractivity contribution in [2.75, 3.05) is 20.1 Å². The molecule has 1 atom stereocenters. The van der Waals surface area contributed by atoms with Crippen LogP contribution >= 0.6 is 0 Å². The van der Waals surface area contributed by atoms with Gasteiger partial charge in [0.05, 0.1) is 0 Å². The number of carbonyl (C=O) groups is 2. The quantitative estimate of drug-likeness (QED) is 0.882. The van der Waals surface area contributed by atoms with Crippen molar-refractivity contribution in [3.05, 3.63) is 58.4 Å². The molecule has 6 nitrogen and oxygen atoms in total. The average Bonchev–Trinajstić information content (AvgIpc) is 2.69. The van der Waals surface area contributed by atoms with Crippen LogP contribution in [0.15, 0.2) is 47.3 Å². The molecule has 1 aromatic heterocycles. The van der Waals surface area contributed by atoms with Crippen molar-refractivity contribution in [2.24, 2.45) is 0 Å². The summed E-state index contributed by atoms with van der Waals surface area (Å²) >= 11 is 0. The van der Waals surface area contributed by atoms with Gasteiger partial charge in [-0.05, 0) is 24.1 Å². The number of aromatic amines is 1. The Morgan fingerprint density at radius 3 is 2.52 bits per heavy atom. The van der Waals surface area contributed by atoms with E-state index in [9.17, 15) is 14.4 Å². The Labute approximate surface area is 158 Å². The molecule has 27 heavy (non-hydrogen) atoms. The van der Waals surface area contributed by atoms with Crippen molar-refractivity contribution in [3.8, 4) is 11.3 Å². The molecular formula is C21H25N3O3. The number of piperazine rings is 1. The highest BCUT2D eigenvalue weighted by Gasteiger charge is 2.36. The zero-order valence-corrected chi connectivity index (χ0v) is 15.8. The first kappa shape index (κ1) is 18.9. The maximum absolute atomic E-state index is 13.0. The monoisotopic (exact) mass is 367 g/mol. The summed E-state index contributed by atoms with van der Waals surface area (Å²) in [6.45, 7) is 2.97. The van der Waals surface area contributed by atoms with E-state index in [4.69, 9.17) is 0 Å². The predicted octanol–water partition coefficient (Wildman–Crippen LogP) is 2.51. The molecule has 142 valence electrons. The molecule has 0 bridgehead atoms. The van der Waals surface area contributed by atoms with Gasteiger partial charge in [0.25, 0.3) is 11.5 Å². The van der Waals surface area contributed by atoms with E-state index in [1.165, 1.54) is 0 Å². The lowest BCUT2D eigenvalue weighted by molar-refractivity contribution is -0.138. The molecule has 2 heterocycles. The van der Waals surface area contributed by atoms with Gasteiger partial charge < -0.3 is 14.8 Å². The normalized spacial score (nSPS) is 17.3. The van der Waals surface area contributed by atoms with Crippen LogP contribution < -0.4 is 5.56 Å². The molecule has 2 aromatic rings. The van der Waals surface area contributed by atoms with Gasteiger partial charge in [-0.15, -0.1) is 0 Å². The first-order valence-electron chi connectivity index (χ1n) is 9.37. The molecule has 0 spiro atoms. The molecule has 1 fully saturated rings. The summed E-state index contributed by atoms with van der Waals surface area (Å²) in [7, 11) is 1.75. The van der Waals surface area contributed by atoms with Gasteiger partial charge in [-0.1, -0.05) is 50.1 Å². The number of hydrogen-bond acceptors (Lipinski definition) is 3. The number of H-pyrrole nitrogens is 1. The summed E-state index contributed by atoms with van der Waals surface area (Å²) in [5.41, 5.74) is 1.19. The van der Waals surface area contributed by atoms with Crippen molar-refractivity contribution in [2.45, 2.75) is 32.2 Å². The fourth-order valence-corrected chi connectivity index (χ4v) is 3.41. The number of pyridine rings is 1. The molecule has 1 N–H and O–H groups in total. The van der Waals surface area contributed by atoms with Gasteiger partial charge in [0.15, 0.2) is 0 Å². The standard InChI is InChI=1S/C21H25N3O3/c1-3-4-10-18-21(27)23(2)13-14-24(18)20(26)16-11-12-17(22-19(16)25)15-8-6-5-7-9-15/h5-9,11-12,18H,3-4,10,13-14H2,1-2H3,(H,22,25)/t18-/m1/s1. The van der Waals surface area contributed by atoms with Crippen molar-refractivity contribution in [1.82, 2.24) is 14.8 Å². The SMILES string of the molecule is CCCC[C@@H]1C(=O)N(C)CCN1C(=O)c1ccc(-c2ccccc2)[nH]c1=O. The summed E-state index contributed by atoms with van der Waals surface area (Å²) in [4.78, 5) is 44.2. The second-order valence-corrected chi connectivity index (χ2v) is 6.90. The second-order valence-electron chi connectivity index (χ2n) is 6.90. The van der Waals surface area contributed by atoms with E-state index in [-0.39, 0.29) is 17.4 Å². The Morgan fingerprint density at radius 1 is 1.11 bits per heavy atom. The minimum atomic E-state index is -0.496. The number of likely N-dealkylation sites (N-methyl/N-ethyl adjacent to an activating group) is 1. The Balaban J connectivity index is 1.88. The Hall–Kier alpha value is -2.89. The summed E-state index contributed by atoms with van der Waals surface area (Å²) in [6, 6.07) is 12.3. The maximum Gasteiger partial charge on any atom is 0.261 e. The lowest BCUT2D eigenvalue weighted by Gasteiger charge is -2.39. The summed E-state index contributed by atoms with van der Waals surface area (Å²) in [6.07, 6.45) is 2.42. The van der Waals surface area contributed by atoms with E-state index >= 15 is 0 Å². The number of hydrogen-bond donors (Lipinski definition) is 1. The molecular weight excluding hydrogens is 342 g/mol. The van der Waals surface area contributed by atoms with Gasteiger partial charge >= 0.3 is 0 Å². The van der Waals surface area contributed by atoms with Crippen LogP contribution in [0.4, 0.5) is 0 Å². The second kappa shape index (κ2) is 8.20. The van der Waals surface area contributed by atoms with Crippen LogP contribution in [-0.2, 0) is 4.79 Å². The van der Waals surface area contributed by atoms with Crippen LogP contribution in [0.3, 0.4) is 0 Å². The molecule has 0 radical (unpaired) electrons. The van der Waals surface area contributed by atoms with Gasteiger partial charge in [0.1, 0.15) is 11.6 Å². The Bertz CT molecular complexity index is 876. The highest BCUT2D eigenvalue weighted by molar-refractivity contribution is 5.98. The molecule has 1 aromatic carbocycles. The number of nitrogens with one attached hydrogen (secondary N) is 1. The number of aromatic nitrogens is 1. The minimum Gasteiger partial charge on any atom is -0.342 e. The molecule has 6 heteroatoms. The van der Waals surface area contributed by atoms with Gasteiger partial charge in [0, 0.05) is 25.8 Å². The topological polar surface area (TPSA) is 73.5 Å². The molecule has 0 saturated carbocycles. The van der Waals surface area contributed by atoms with Gasteiger partial charge in [-0.2, -0.15) is 0 Å². The van der Waals surface area contributed by atoms with Crippen molar-refractivity contribution >= 4 is 11.8 Å². The lowest BCUT2D eigenvalue weighted by atomic mass is 10.0. The van der Waals surface area contributed by atoms with Gasteiger partial charge in [-0.25, -0.2) is 0 Å². The number of benzene rings is 1. The van der Waals surface area contributed by atoms with E-state index < -0.39 is 11.6 Å². The maximum atomic E-state index is 13.0. The van der Waals surface area contributed by atoms with Crippen LogP contribution in [0.25, 0.3) is 11.3 Å². The minimum absolute atomic E-state index is 0.0552. The third-order valence-corrected chi connectivity index (χ3v) is 5.03. The van der Waals surface area contributed by atoms with Crippen molar-refractivity contribution in [1.29, 1.82) is 0 Å². The number of rotatable bonds is 5. The molecule has 1 aliphatic heterocycles. The van der Waals surface area contributed by atoms with Crippen LogP contribution in [0.1, 0.15) is 36.5 Å². The summed E-state index contributed by atoms with van der Waals surface area (Å²) < 4.78 is 0. The van der Waals surface area contributed by atoms with E-state index in [0.717, 1.165) is 18.4 Å². The largest absolute Gasteiger partial charge is 0.342 e. The molecule has 1 aliphatic rings. The number of carbonyl (C=O) groups excluding carboxylic acids is 2. The van der Waals surface area contributed by atoms with E-state index in [0.29, 0.717) is 25.2 Å². The van der Waals surface area contributed by atoms with Crippen molar-refractivity contribution in [3.63, 3.8) is 0 Å². The average molecular weight is 367 g/mol. The molecule has 3 rings (SSSR count). The third-order valence-electron chi connectivity index (χ3n) is 5.03. The lowest BCUT2D eigenvalue weighted by Crippen LogP contribution is -2.58. The summed E-state index contributed by atoms with van der Waals surface area (Å²) in [5.74, 6) is -0.432. The Morgan fingerprint density at radius 2 is 1.85 bits per heavy atom. The van der Waals surface area contributed by atoms with E-state index in [2.05, 4.69) is 11.9 Å². The van der Waals surface area contributed by atoms with Gasteiger partial charge in [-0.3, -0.25) is 14.4 Å². The number of amides is 2. The van der Waals surface area contributed by atoms with Gasteiger partial charge in [0.2, 0.25) is 5.91 Å². The van der Waals surface area contributed by atoms with Crippen LogP contribution in [0.2, 0.25) is 0 Å². The molecule has 0 aliphatic carbocycles. The fraction of sp³-hybridized carbons (Fsp3) is 0.381. The van der Waals surface area contributed by atoms with Crippen LogP contribution in [-0.4, -0.2) is 52.8 Å². The van der Waals surface area contributed by atoms with E-state index in [1.807, 2.05) is 30.3 Å². The third kappa shape index (κ3) is 3.94. The number of unbranched alkanes of at least 4 members (excludes halogenated alkanes) is 1. The number of nitrogens with zero attached hydrogens (tertiary/aromatic N) is 2. The zero-order chi connectivity index (χ0) is 19.4. The fourth-order valence-electron chi connectivity index (χ4n) is 3.41. The molecule has 0 unspecified atom stereocenters.